The van der Waals surface area contributed by atoms with Crippen LogP contribution in [0.3, 0.4) is 0 Å². The zero-order chi connectivity index (χ0) is 19.4. The van der Waals surface area contributed by atoms with Gasteiger partial charge in [0.1, 0.15) is 17.7 Å². The van der Waals surface area contributed by atoms with E-state index in [0.717, 1.165) is 0 Å². The smallest absolute Gasteiger partial charge is 0.251 e. The van der Waals surface area contributed by atoms with E-state index < -0.39 is 6.10 Å². The summed E-state index contributed by atoms with van der Waals surface area (Å²) in [5.41, 5.74) is 0.366. The third-order valence-corrected chi connectivity index (χ3v) is 4.65. The average molecular weight is 372 g/mol. The minimum atomic E-state index is -0.941. The van der Waals surface area contributed by atoms with Gasteiger partial charge in [-0.05, 0) is 30.5 Å². The van der Waals surface area contributed by atoms with Gasteiger partial charge >= 0.3 is 0 Å². The number of carbonyl (C=O) groups is 1. The summed E-state index contributed by atoms with van der Waals surface area (Å²) in [6, 6.07) is 8.21. The predicted octanol–water partition coefficient (Wildman–Crippen LogP) is 2.34. The molecule has 1 aromatic carbocycles. The highest BCUT2D eigenvalue weighted by atomic mass is 19.1. The molecule has 1 aliphatic rings. The van der Waals surface area contributed by atoms with Crippen LogP contribution in [0.15, 0.2) is 36.5 Å². The second-order valence-electron chi connectivity index (χ2n) is 7.18. The van der Waals surface area contributed by atoms with E-state index in [1.165, 1.54) is 6.07 Å². The number of anilines is 1. The van der Waals surface area contributed by atoms with Crippen molar-refractivity contribution in [1.82, 2.24) is 14.9 Å². The summed E-state index contributed by atoms with van der Waals surface area (Å²) in [6.45, 7) is 6.22. The van der Waals surface area contributed by atoms with Gasteiger partial charge in [0.05, 0.1) is 5.56 Å². The van der Waals surface area contributed by atoms with E-state index in [9.17, 15) is 14.3 Å². The summed E-state index contributed by atoms with van der Waals surface area (Å²) in [5.74, 6) is 0.750. The molecule has 6 nitrogen and oxygen atoms in total. The van der Waals surface area contributed by atoms with Gasteiger partial charge in [0, 0.05) is 32.4 Å². The predicted molar refractivity (Wildman–Crippen MR) is 102 cm³/mol. The highest BCUT2D eigenvalue weighted by Gasteiger charge is 2.27. The monoisotopic (exact) mass is 372 g/mol. The molecule has 1 fully saturated rings. The highest BCUT2D eigenvalue weighted by molar-refractivity contribution is 5.81. The molecule has 0 radical (unpaired) electrons. The summed E-state index contributed by atoms with van der Waals surface area (Å²) >= 11 is 0. The molecule has 27 heavy (non-hydrogen) atoms. The van der Waals surface area contributed by atoms with Crippen LogP contribution in [0.4, 0.5) is 10.2 Å². The summed E-state index contributed by atoms with van der Waals surface area (Å²) in [5, 5.41) is 10.1. The van der Waals surface area contributed by atoms with Gasteiger partial charge in [-0.1, -0.05) is 26.0 Å². The van der Waals surface area contributed by atoms with Crippen molar-refractivity contribution in [2.75, 3.05) is 31.1 Å². The topological polar surface area (TPSA) is 69.6 Å². The molecule has 144 valence electrons. The van der Waals surface area contributed by atoms with Gasteiger partial charge in [-0.15, -0.1) is 0 Å². The first-order valence-corrected chi connectivity index (χ1v) is 9.25. The van der Waals surface area contributed by atoms with Crippen LogP contribution in [-0.2, 0) is 4.79 Å². The Labute approximate surface area is 158 Å². The number of halogens is 1. The van der Waals surface area contributed by atoms with Crippen LogP contribution in [-0.4, -0.2) is 58.2 Å². The zero-order valence-electron chi connectivity index (χ0n) is 15.7. The number of piperazine rings is 1. The summed E-state index contributed by atoms with van der Waals surface area (Å²) < 4.78 is 14.0. The van der Waals surface area contributed by atoms with Crippen molar-refractivity contribution in [2.45, 2.75) is 26.4 Å². The van der Waals surface area contributed by atoms with Gasteiger partial charge in [-0.3, -0.25) is 4.79 Å². The van der Waals surface area contributed by atoms with Gasteiger partial charge < -0.3 is 14.9 Å². The van der Waals surface area contributed by atoms with E-state index in [-0.39, 0.29) is 17.6 Å². The van der Waals surface area contributed by atoms with Gasteiger partial charge in [-0.2, -0.15) is 0 Å². The molecular weight excluding hydrogens is 347 g/mol. The lowest BCUT2D eigenvalue weighted by atomic mass is 10.0. The van der Waals surface area contributed by atoms with Crippen LogP contribution in [0.5, 0.6) is 0 Å². The first kappa shape index (κ1) is 19.2. The van der Waals surface area contributed by atoms with Crippen molar-refractivity contribution in [3.8, 4) is 11.4 Å². The fourth-order valence-corrected chi connectivity index (χ4v) is 3.21. The van der Waals surface area contributed by atoms with Gasteiger partial charge in [0.2, 0.25) is 0 Å². The molecule has 0 aliphatic carbocycles. The van der Waals surface area contributed by atoms with E-state index >= 15 is 0 Å². The second kappa shape index (κ2) is 8.43. The quantitative estimate of drug-likeness (QED) is 0.872. The van der Waals surface area contributed by atoms with Crippen molar-refractivity contribution in [3.05, 3.63) is 42.3 Å². The van der Waals surface area contributed by atoms with Crippen LogP contribution < -0.4 is 4.90 Å². The Morgan fingerprint density at radius 3 is 2.56 bits per heavy atom. The Kier molecular flexibility index (Phi) is 6.01. The highest BCUT2D eigenvalue weighted by Crippen LogP contribution is 2.22. The Balaban J connectivity index is 1.66. The Hall–Kier alpha value is -2.54. The number of aliphatic hydroxyl groups is 1. The Bertz CT molecular complexity index is 791. The summed E-state index contributed by atoms with van der Waals surface area (Å²) in [7, 11) is 0. The number of carbonyl (C=O) groups excluding carboxylic acids is 1. The van der Waals surface area contributed by atoms with E-state index in [2.05, 4.69) is 9.97 Å². The molecule has 2 aromatic rings. The minimum Gasteiger partial charge on any atom is -0.383 e. The third-order valence-electron chi connectivity index (χ3n) is 4.65. The maximum atomic E-state index is 14.0. The van der Waals surface area contributed by atoms with Crippen LogP contribution in [0.2, 0.25) is 0 Å². The maximum absolute atomic E-state index is 14.0. The third kappa shape index (κ3) is 4.60. The number of benzene rings is 1. The lowest BCUT2D eigenvalue weighted by molar-refractivity contribution is -0.141. The van der Waals surface area contributed by atoms with Crippen molar-refractivity contribution >= 4 is 11.7 Å². The minimum absolute atomic E-state index is 0.210. The second-order valence-corrected chi connectivity index (χ2v) is 7.18. The molecule has 3 rings (SSSR count). The van der Waals surface area contributed by atoms with Crippen LogP contribution in [0.25, 0.3) is 11.4 Å². The van der Waals surface area contributed by atoms with Crippen molar-refractivity contribution in [1.29, 1.82) is 0 Å². The molecule has 2 heterocycles. The lowest BCUT2D eigenvalue weighted by Gasteiger charge is -2.36. The maximum Gasteiger partial charge on any atom is 0.251 e. The fraction of sp³-hybridized carbons (Fsp3) is 0.450. The molecule has 1 atom stereocenters. The van der Waals surface area contributed by atoms with E-state index in [4.69, 9.17) is 0 Å². The van der Waals surface area contributed by atoms with Crippen molar-refractivity contribution < 1.29 is 14.3 Å². The average Bonchev–Trinajstić information content (AvgIpc) is 2.67. The van der Waals surface area contributed by atoms with Gasteiger partial charge in [0.15, 0.2) is 5.82 Å². The molecule has 1 N–H and O–H groups in total. The number of hydrogen-bond donors (Lipinski definition) is 1. The largest absolute Gasteiger partial charge is 0.383 e. The Morgan fingerprint density at radius 1 is 1.19 bits per heavy atom. The molecule has 0 bridgehead atoms. The normalized spacial score (nSPS) is 15.9. The van der Waals surface area contributed by atoms with Crippen LogP contribution in [0, 0.1) is 11.7 Å². The Morgan fingerprint density at radius 2 is 1.89 bits per heavy atom. The molecule has 0 saturated carbocycles. The van der Waals surface area contributed by atoms with Crippen LogP contribution in [0.1, 0.15) is 20.3 Å². The number of hydrogen-bond acceptors (Lipinski definition) is 5. The standard InChI is InChI=1S/C20H25FN4O2/c1-14(2)13-17(26)20(27)25-11-9-24(10-12-25)18-7-8-22-19(23-18)15-5-3-4-6-16(15)21/h3-8,14,17,26H,9-13H2,1-2H3/t17-/m1/s1. The molecule has 7 heteroatoms. The number of aliphatic hydroxyl groups excluding tert-OH is 1. The SMILES string of the molecule is CC(C)C[C@@H](O)C(=O)N1CCN(c2ccnc(-c3ccccc3F)n2)CC1. The molecule has 1 aromatic heterocycles. The molecule has 1 saturated heterocycles. The molecule has 0 spiro atoms. The van der Waals surface area contributed by atoms with Gasteiger partial charge in [0.25, 0.3) is 5.91 Å². The van der Waals surface area contributed by atoms with Gasteiger partial charge in [-0.25, -0.2) is 14.4 Å². The molecule has 0 unspecified atom stereocenters. The van der Waals surface area contributed by atoms with Crippen molar-refractivity contribution in [2.24, 2.45) is 5.92 Å². The van der Waals surface area contributed by atoms with Crippen molar-refractivity contribution in [3.63, 3.8) is 0 Å². The summed E-state index contributed by atoms with van der Waals surface area (Å²) in [4.78, 5) is 24.8. The molecule has 1 aliphatic heterocycles. The molecular formula is C20H25FN4O2. The first-order valence-electron chi connectivity index (χ1n) is 9.25. The number of amides is 1. The fourth-order valence-electron chi connectivity index (χ4n) is 3.21. The number of aromatic nitrogens is 2. The van der Waals surface area contributed by atoms with E-state index in [1.54, 1.807) is 35.4 Å². The summed E-state index contributed by atoms with van der Waals surface area (Å²) in [6.07, 6.45) is 1.15. The first-order chi connectivity index (χ1) is 13.0. The number of nitrogens with zero attached hydrogens (tertiary/aromatic N) is 4. The lowest BCUT2D eigenvalue weighted by Crippen LogP contribution is -2.51. The number of rotatable bonds is 5. The van der Waals surface area contributed by atoms with E-state index in [0.29, 0.717) is 49.8 Å². The zero-order valence-corrected chi connectivity index (χ0v) is 15.7. The van der Waals surface area contributed by atoms with E-state index in [1.807, 2.05) is 18.7 Å². The molecule has 1 amide bonds. The van der Waals surface area contributed by atoms with Crippen LogP contribution >= 0.6 is 0 Å².